The molecule has 0 spiro atoms. The van der Waals surface area contributed by atoms with Crippen LogP contribution >= 0.6 is 24.0 Å². The van der Waals surface area contributed by atoms with Gasteiger partial charge in [-0.05, 0) is 43.7 Å². The van der Waals surface area contributed by atoms with Gasteiger partial charge in [0, 0.05) is 31.0 Å². The van der Waals surface area contributed by atoms with Gasteiger partial charge in [-0.3, -0.25) is 4.98 Å². The number of nitrogens with zero attached hydrogens (tertiary/aromatic N) is 3. The molecule has 0 amide bonds. The lowest BCUT2D eigenvalue weighted by Gasteiger charge is -2.15. The highest BCUT2D eigenvalue weighted by Crippen LogP contribution is 2.19. The highest BCUT2D eigenvalue weighted by Gasteiger charge is 2.09. The minimum atomic E-state index is -0.646. The van der Waals surface area contributed by atoms with E-state index < -0.39 is 6.10 Å². The van der Waals surface area contributed by atoms with Crippen molar-refractivity contribution in [3.63, 3.8) is 0 Å². The third kappa shape index (κ3) is 6.82. The second-order valence-corrected chi connectivity index (χ2v) is 6.38. The fraction of sp³-hybridized carbons (Fsp3) is 0.286. The second kappa shape index (κ2) is 11.5. The third-order valence-electron chi connectivity index (χ3n) is 4.15. The molecule has 154 valence electrons. The first-order chi connectivity index (χ1) is 13.7. The number of halogens is 1. The summed E-state index contributed by atoms with van der Waals surface area (Å²) in [5.41, 5.74) is 3.67. The summed E-state index contributed by atoms with van der Waals surface area (Å²) in [6.45, 7) is 5.45. The number of aliphatic imine (C=N–C) groups is 1. The van der Waals surface area contributed by atoms with Crippen LogP contribution in [0.15, 0.2) is 64.5 Å². The molecule has 1 atom stereocenters. The summed E-state index contributed by atoms with van der Waals surface area (Å²) < 4.78 is 5.57. The fourth-order valence-corrected chi connectivity index (χ4v) is 2.61. The van der Waals surface area contributed by atoms with Gasteiger partial charge in [0.25, 0.3) is 0 Å². The van der Waals surface area contributed by atoms with E-state index in [2.05, 4.69) is 25.6 Å². The molecule has 3 rings (SSSR count). The van der Waals surface area contributed by atoms with E-state index in [9.17, 15) is 5.11 Å². The summed E-state index contributed by atoms with van der Waals surface area (Å²) in [4.78, 5) is 13.0. The molecule has 0 aliphatic heterocycles. The van der Waals surface area contributed by atoms with Gasteiger partial charge in [-0.2, -0.15) is 0 Å². The molecule has 2 heterocycles. The first-order valence-corrected chi connectivity index (χ1v) is 9.27. The standard InChI is InChI=1S/C21H25N5O2.HI/c1-3-23-21(25-13-19(27)16-8-10-22-11-9-16)24-12-18-14-28-20(26-18)17-6-4-15(2)5-7-17;/h4-11,14,19,27H,3,12-13H2,1-2H3,(H2,23,24,25);1H. The summed E-state index contributed by atoms with van der Waals surface area (Å²) in [6, 6.07) is 11.6. The Morgan fingerprint density at radius 2 is 1.86 bits per heavy atom. The molecule has 0 radical (unpaired) electrons. The summed E-state index contributed by atoms with van der Waals surface area (Å²) in [6.07, 6.45) is 4.29. The summed E-state index contributed by atoms with van der Waals surface area (Å²) in [7, 11) is 0. The number of nitrogens with one attached hydrogen (secondary N) is 2. The number of aliphatic hydroxyl groups is 1. The maximum Gasteiger partial charge on any atom is 0.226 e. The molecule has 0 aliphatic carbocycles. The predicted molar refractivity (Wildman–Crippen MR) is 124 cm³/mol. The molecule has 1 aromatic carbocycles. The molecule has 0 fully saturated rings. The number of guanidine groups is 1. The smallest absolute Gasteiger partial charge is 0.226 e. The van der Waals surface area contributed by atoms with Gasteiger partial charge < -0.3 is 20.2 Å². The summed E-state index contributed by atoms with van der Waals surface area (Å²) >= 11 is 0. The largest absolute Gasteiger partial charge is 0.444 e. The average Bonchev–Trinajstić information content (AvgIpc) is 3.20. The number of pyridine rings is 1. The monoisotopic (exact) mass is 507 g/mol. The Kier molecular flexibility index (Phi) is 9.07. The van der Waals surface area contributed by atoms with E-state index in [1.54, 1.807) is 30.8 Å². The molecule has 3 aromatic rings. The normalized spacial score (nSPS) is 12.2. The number of aliphatic hydroxyl groups excluding tert-OH is 1. The highest BCUT2D eigenvalue weighted by atomic mass is 127. The molecular weight excluding hydrogens is 481 g/mol. The Morgan fingerprint density at radius 3 is 2.55 bits per heavy atom. The third-order valence-corrected chi connectivity index (χ3v) is 4.15. The molecule has 7 nitrogen and oxygen atoms in total. The quantitative estimate of drug-likeness (QED) is 0.258. The minimum Gasteiger partial charge on any atom is -0.444 e. The molecule has 3 N–H and O–H groups in total. The summed E-state index contributed by atoms with van der Waals surface area (Å²) in [5.74, 6) is 1.19. The lowest BCUT2D eigenvalue weighted by atomic mass is 10.1. The van der Waals surface area contributed by atoms with Gasteiger partial charge in [-0.1, -0.05) is 17.7 Å². The number of benzene rings is 1. The van der Waals surface area contributed by atoms with Gasteiger partial charge >= 0.3 is 0 Å². The Balaban J connectivity index is 0.00000300. The van der Waals surface area contributed by atoms with Crippen LogP contribution in [-0.2, 0) is 6.54 Å². The van der Waals surface area contributed by atoms with Crippen molar-refractivity contribution in [3.05, 3.63) is 71.9 Å². The first kappa shape index (κ1) is 22.8. The zero-order chi connectivity index (χ0) is 19.8. The van der Waals surface area contributed by atoms with Crippen LogP contribution in [-0.4, -0.2) is 34.1 Å². The Morgan fingerprint density at radius 1 is 1.14 bits per heavy atom. The van der Waals surface area contributed by atoms with E-state index in [0.717, 1.165) is 16.8 Å². The SMILES string of the molecule is CCNC(=NCc1coc(-c2ccc(C)cc2)n1)NCC(O)c1ccncc1.I. The number of oxazole rings is 1. The van der Waals surface area contributed by atoms with Crippen molar-refractivity contribution in [2.24, 2.45) is 4.99 Å². The molecule has 1 unspecified atom stereocenters. The van der Waals surface area contributed by atoms with Crippen molar-refractivity contribution in [2.75, 3.05) is 13.1 Å². The predicted octanol–water partition coefficient (Wildman–Crippen LogP) is 3.45. The van der Waals surface area contributed by atoms with Gasteiger partial charge in [-0.15, -0.1) is 24.0 Å². The molecule has 0 bridgehead atoms. The van der Waals surface area contributed by atoms with E-state index in [-0.39, 0.29) is 24.0 Å². The van der Waals surface area contributed by atoms with Crippen molar-refractivity contribution in [1.29, 1.82) is 0 Å². The molecule has 2 aromatic heterocycles. The number of hydrogen-bond donors (Lipinski definition) is 3. The number of aromatic nitrogens is 2. The van der Waals surface area contributed by atoms with Crippen molar-refractivity contribution in [3.8, 4) is 11.5 Å². The molecule has 0 aliphatic rings. The van der Waals surface area contributed by atoms with E-state index in [1.807, 2.05) is 38.1 Å². The average molecular weight is 507 g/mol. The molecular formula is C21H26IN5O2. The highest BCUT2D eigenvalue weighted by molar-refractivity contribution is 14.0. The van der Waals surface area contributed by atoms with Crippen molar-refractivity contribution in [2.45, 2.75) is 26.5 Å². The van der Waals surface area contributed by atoms with Gasteiger partial charge in [0.2, 0.25) is 5.89 Å². The fourth-order valence-electron chi connectivity index (χ4n) is 2.61. The van der Waals surface area contributed by atoms with Crippen molar-refractivity contribution < 1.29 is 9.52 Å². The minimum absolute atomic E-state index is 0. The number of aryl methyl sites for hydroxylation is 1. The van der Waals surface area contributed by atoms with E-state index in [0.29, 0.717) is 31.5 Å². The zero-order valence-electron chi connectivity index (χ0n) is 16.5. The topological polar surface area (TPSA) is 95.6 Å². The lowest BCUT2D eigenvalue weighted by molar-refractivity contribution is 0.180. The van der Waals surface area contributed by atoms with Crippen LogP contribution in [0.2, 0.25) is 0 Å². The van der Waals surface area contributed by atoms with E-state index in [4.69, 9.17) is 4.42 Å². The molecule has 0 saturated carbocycles. The van der Waals surface area contributed by atoms with Crippen LogP contribution in [0.3, 0.4) is 0 Å². The van der Waals surface area contributed by atoms with Gasteiger partial charge in [-0.25, -0.2) is 9.98 Å². The Hall–Kier alpha value is -2.46. The van der Waals surface area contributed by atoms with Crippen molar-refractivity contribution >= 4 is 29.9 Å². The van der Waals surface area contributed by atoms with Gasteiger partial charge in [0.1, 0.15) is 12.0 Å². The number of hydrogen-bond acceptors (Lipinski definition) is 5. The van der Waals surface area contributed by atoms with Crippen LogP contribution < -0.4 is 10.6 Å². The van der Waals surface area contributed by atoms with Crippen LogP contribution in [0.5, 0.6) is 0 Å². The summed E-state index contributed by atoms with van der Waals surface area (Å²) in [5, 5.41) is 16.6. The zero-order valence-corrected chi connectivity index (χ0v) is 18.8. The Labute approximate surface area is 187 Å². The van der Waals surface area contributed by atoms with Gasteiger partial charge in [0.15, 0.2) is 5.96 Å². The number of rotatable bonds is 7. The van der Waals surface area contributed by atoms with Crippen LogP contribution in [0.4, 0.5) is 0 Å². The lowest BCUT2D eigenvalue weighted by Crippen LogP contribution is -2.39. The van der Waals surface area contributed by atoms with Crippen LogP contribution in [0, 0.1) is 6.92 Å². The maximum atomic E-state index is 10.3. The van der Waals surface area contributed by atoms with Crippen molar-refractivity contribution in [1.82, 2.24) is 20.6 Å². The van der Waals surface area contributed by atoms with Crippen LogP contribution in [0.1, 0.15) is 29.8 Å². The second-order valence-electron chi connectivity index (χ2n) is 6.38. The van der Waals surface area contributed by atoms with Crippen LogP contribution in [0.25, 0.3) is 11.5 Å². The maximum absolute atomic E-state index is 10.3. The van der Waals surface area contributed by atoms with E-state index >= 15 is 0 Å². The Bertz CT molecular complexity index is 897. The molecule has 0 saturated heterocycles. The molecule has 29 heavy (non-hydrogen) atoms. The van der Waals surface area contributed by atoms with E-state index in [1.165, 1.54) is 5.56 Å². The first-order valence-electron chi connectivity index (χ1n) is 9.27. The molecule has 8 heteroatoms. The van der Waals surface area contributed by atoms with Gasteiger partial charge in [0.05, 0.1) is 12.6 Å².